The van der Waals surface area contributed by atoms with Crippen LogP contribution in [-0.4, -0.2) is 42.1 Å². The normalized spacial score (nSPS) is 12.5. The van der Waals surface area contributed by atoms with Crippen molar-refractivity contribution >= 4 is 17.2 Å². The summed E-state index contributed by atoms with van der Waals surface area (Å²) in [6, 6.07) is 0.0780. The summed E-state index contributed by atoms with van der Waals surface area (Å²) < 4.78 is 5.04. The van der Waals surface area contributed by atoms with Crippen molar-refractivity contribution in [3.63, 3.8) is 0 Å². The largest absolute Gasteiger partial charge is 0.383 e. The lowest BCUT2D eigenvalue weighted by molar-refractivity contribution is 0.0574. The van der Waals surface area contributed by atoms with Gasteiger partial charge in [0.05, 0.1) is 18.2 Å². The van der Waals surface area contributed by atoms with E-state index in [2.05, 4.69) is 4.98 Å². The summed E-state index contributed by atoms with van der Waals surface area (Å²) in [5.41, 5.74) is 2.19. The topological polar surface area (TPSA) is 42.4 Å². The van der Waals surface area contributed by atoms with Gasteiger partial charge in [-0.15, -0.1) is 11.3 Å². The van der Waals surface area contributed by atoms with E-state index >= 15 is 0 Å². The molecule has 4 nitrogen and oxygen atoms in total. The van der Waals surface area contributed by atoms with Crippen LogP contribution in [0.2, 0.25) is 0 Å². The minimum Gasteiger partial charge on any atom is -0.383 e. The molecule has 0 aliphatic rings. The molecule has 84 valence electrons. The maximum absolute atomic E-state index is 12.0. The van der Waals surface area contributed by atoms with Crippen LogP contribution in [-0.2, 0) is 4.74 Å². The lowest BCUT2D eigenvalue weighted by atomic mass is 10.2. The lowest BCUT2D eigenvalue weighted by Gasteiger charge is -2.26. The van der Waals surface area contributed by atoms with Crippen molar-refractivity contribution in [1.29, 1.82) is 0 Å². The molecule has 0 fully saturated rings. The Morgan fingerprint density at radius 3 is 2.93 bits per heavy atom. The summed E-state index contributed by atoms with van der Waals surface area (Å²) in [6.45, 7) is 5.14. The maximum Gasteiger partial charge on any atom is 0.273 e. The summed E-state index contributed by atoms with van der Waals surface area (Å²) in [5.74, 6) is -0.0247. The molecule has 1 aromatic heterocycles. The average Bonchev–Trinajstić information content (AvgIpc) is 2.71. The molecule has 1 aromatic rings. The molecule has 1 heterocycles. The Labute approximate surface area is 93.9 Å². The minimum atomic E-state index is -0.0247. The molecule has 0 N–H and O–H groups in total. The molecule has 0 aromatic carbocycles. The molecule has 1 unspecified atom stereocenters. The molecule has 1 amide bonds. The first-order chi connectivity index (χ1) is 7.20. The highest BCUT2D eigenvalue weighted by molar-refractivity contribution is 7.07. The van der Waals surface area contributed by atoms with Crippen LogP contribution in [0.4, 0.5) is 0 Å². The van der Waals surface area contributed by atoms with Gasteiger partial charge in [0.25, 0.3) is 5.91 Å². The van der Waals surface area contributed by atoms with Gasteiger partial charge in [0.1, 0.15) is 5.69 Å². The fourth-order valence-electron chi connectivity index (χ4n) is 1.45. The van der Waals surface area contributed by atoms with Crippen LogP contribution in [0.5, 0.6) is 0 Å². The number of carbonyl (C=O) groups is 1. The zero-order valence-corrected chi connectivity index (χ0v) is 10.1. The van der Waals surface area contributed by atoms with Gasteiger partial charge in [-0.3, -0.25) is 4.79 Å². The zero-order valence-electron chi connectivity index (χ0n) is 9.27. The number of ether oxygens (including phenoxy) is 1. The van der Waals surface area contributed by atoms with Gasteiger partial charge >= 0.3 is 0 Å². The number of rotatable bonds is 5. The average molecular weight is 228 g/mol. The van der Waals surface area contributed by atoms with E-state index in [0.717, 1.165) is 0 Å². The third kappa shape index (κ3) is 3.00. The molecule has 5 heteroatoms. The van der Waals surface area contributed by atoms with Gasteiger partial charge in [0.2, 0.25) is 0 Å². The van der Waals surface area contributed by atoms with E-state index in [-0.39, 0.29) is 11.9 Å². The monoisotopic (exact) mass is 228 g/mol. The second-order valence-electron chi connectivity index (χ2n) is 3.27. The van der Waals surface area contributed by atoms with E-state index in [1.54, 1.807) is 22.9 Å². The number of aromatic nitrogens is 1. The summed E-state index contributed by atoms with van der Waals surface area (Å²) in [6.07, 6.45) is 0. The number of likely N-dealkylation sites (N-methyl/N-ethyl adjacent to an activating group) is 1. The van der Waals surface area contributed by atoms with Gasteiger partial charge in [-0.1, -0.05) is 0 Å². The molecule has 15 heavy (non-hydrogen) atoms. The van der Waals surface area contributed by atoms with Crippen LogP contribution in [0, 0.1) is 0 Å². The fraction of sp³-hybridized carbons (Fsp3) is 0.600. The number of carbonyl (C=O) groups excluding carboxylic acids is 1. The highest BCUT2D eigenvalue weighted by atomic mass is 32.1. The Balaban J connectivity index is 2.70. The molecule has 0 bridgehead atoms. The minimum absolute atomic E-state index is 0.0247. The van der Waals surface area contributed by atoms with E-state index in [1.807, 2.05) is 13.8 Å². The molecule has 0 aliphatic heterocycles. The quantitative estimate of drug-likeness (QED) is 0.769. The molecular weight excluding hydrogens is 212 g/mol. The number of thiazole rings is 1. The predicted molar refractivity (Wildman–Crippen MR) is 60.2 cm³/mol. The van der Waals surface area contributed by atoms with Gasteiger partial charge in [0, 0.05) is 19.0 Å². The second-order valence-corrected chi connectivity index (χ2v) is 3.99. The number of hydrogen-bond acceptors (Lipinski definition) is 4. The smallest absolute Gasteiger partial charge is 0.273 e. The Morgan fingerprint density at radius 2 is 2.47 bits per heavy atom. The van der Waals surface area contributed by atoms with E-state index < -0.39 is 0 Å². The lowest BCUT2D eigenvalue weighted by Crippen LogP contribution is -2.41. The van der Waals surface area contributed by atoms with Gasteiger partial charge in [-0.05, 0) is 13.8 Å². The van der Waals surface area contributed by atoms with Gasteiger partial charge < -0.3 is 9.64 Å². The standard InChI is InChI=1S/C10H16N2O2S/c1-4-12(8(2)5-14-3)10(13)9-6-15-7-11-9/h6-8H,4-5H2,1-3H3. The summed E-state index contributed by atoms with van der Waals surface area (Å²) in [4.78, 5) is 17.7. The third-order valence-electron chi connectivity index (χ3n) is 2.19. The van der Waals surface area contributed by atoms with Crippen molar-refractivity contribution in [1.82, 2.24) is 9.88 Å². The summed E-state index contributed by atoms with van der Waals surface area (Å²) in [7, 11) is 1.64. The van der Waals surface area contributed by atoms with Crippen LogP contribution in [0.1, 0.15) is 24.3 Å². The highest BCUT2D eigenvalue weighted by Gasteiger charge is 2.20. The highest BCUT2D eigenvalue weighted by Crippen LogP contribution is 2.09. The first kappa shape index (κ1) is 12.1. The molecule has 0 aliphatic carbocycles. The Hall–Kier alpha value is -0.940. The zero-order chi connectivity index (χ0) is 11.3. The SMILES string of the molecule is CCN(C(=O)c1cscn1)C(C)COC. The Kier molecular flexibility index (Phi) is 4.71. The first-order valence-electron chi connectivity index (χ1n) is 4.88. The molecule has 0 saturated carbocycles. The van der Waals surface area contributed by atoms with Crippen molar-refractivity contribution in [2.75, 3.05) is 20.3 Å². The number of nitrogens with zero attached hydrogens (tertiary/aromatic N) is 2. The molecule has 1 rings (SSSR count). The molecule has 0 saturated heterocycles. The first-order valence-corrected chi connectivity index (χ1v) is 5.83. The Bertz CT molecular complexity index is 300. The molecule has 0 spiro atoms. The van der Waals surface area contributed by atoms with Crippen LogP contribution in [0.3, 0.4) is 0 Å². The predicted octanol–water partition coefficient (Wildman–Crippen LogP) is 1.64. The van der Waals surface area contributed by atoms with E-state index in [9.17, 15) is 4.79 Å². The van der Waals surface area contributed by atoms with Crippen LogP contribution < -0.4 is 0 Å². The maximum atomic E-state index is 12.0. The summed E-state index contributed by atoms with van der Waals surface area (Å²) >= 11 is 1.43. The van der Waals surface area contributed by atoms with Crippen LogP contribution in [0.25, 0.3) is 0 Å². The molecule has 0 radical (unpaired) electrons. The third-order valence-corrected chi connectivity index (χ3v) is 2.78. The fourth-order valence-corrected chi connectivity index (χ4v) is 1.98. The second kappa shape index (κ2) is 5.82. The number of hydrogen-bond donors (Lipinski definition) is 0. The van der Waals surface area contributed by atoms with Crippen molar-refractivity contribution < 1.29 is 9.53 Å². The van der Waals surface area contributed by atoms with Crippen molar-refractivity contribution in [2.45, 2.75) is 19.9 Å². The van der Waals surface area contributed by atoms with Gasteiger partial charge in [-0.25, -0.2) is 4.98 Å². The van der Waals surface area contributed by atoms with Crippen molar-refractivity contribution in [3.05, 3.63) is 16.6 Å². The molecule has 1 atom stereocenters. The number of methoxy groups -OCH3 is 1. The van der Waals surface area contributed by atoms with Crippen LogP contribution in [0.15, 0.2) is 10.9 Å². The summed E-state index contributed by atoms with van der Waals surface area (Å²) in [5, 5.41) is 1.77. The molecular formula is C10H16N2O2S. The Morgan fingerprint density at radius 1 is 1.73 bits per heavy atom. The van der Waals surface area contributed by atoms with Gasteiger partial charge in [-0.2, -0.15) is 0 Å². The van der Waals surface area contributed by atoms with Crippen molar-refractivity contribution in [2.24, 2.45) is 0 Å². The van der Waals surface area contributed by atoms with E-state index in [1.165, 1.54) is 11.3 Å². The number of amides is 1. The van der Waals surface area contributed by atoms with E-state index in [0.29, 0.717) is 18.8 Å². The van der Waals surface area contributed by atoms with Crippen molar-refractivity contribution in [3.8, 4) is 0 Å². The van der Waals surface area contributed by atoms with Crippen LogP contribution >= 0.6 is 11.3 Å². The van der Waals surface area contributed by atoms with E-state index in [4.69, 9.17) is 4.74 Å². The van der Waals surface area contributed by atoms with Gasteiger partial charge in [0.15, 0.2) is 0 Å².